The Morgan fingerprint density at radius 3 is 2.70 bits per heavy atom. The minimum atomic E-state index is -4.43. The number of hydrogen-bond donors (Lipinski definition) is 2. The molecule has 1 aliphatic rings. The zero-order valence-electron chi connectivity index (χ0n) is 14.5. The van der Waals surface area contributed by atoms with Gasteiger partial charge in [-0.1, -0.05) is 6.07 Å². The molecule has 0 aliphatic carbocycles. The lowest BCUT2D eigenvalue weighted by Crippen LogP contribution is -2.32. The molecule has 9 nitrogen and oxygen atoms in total. The van der Waals surface area contributed by atoms with Crippen LogP contribution < -0.4 is 5.32 Å². The van der Waals surface area contributed by atoms with Crippen molar-refractivity contribution in [3.8, 4) is 6.07 Å². The van der Waals surface area contributed by atoms with Gasteiger partial charge in [0, 0.05) is 24.5 Å². The van der Waals surface area contributed by atoms with Crippen LogP contribution >= 0.6 is 0 Å². The highest BCUT2D eigenvalue weighted by atomic mass is 32.2. The molecule has 1 aromatic rings. The molecule has 27 heavy (non-hydrogen) atoms. The molecule has 1 amide bonds. The first-order valence-corrected chi connectivity index (χ1v) is 11.3. The van der Waals surface area contributed by atoms with Crippen LogP contribution in [0.5, 0.6) is 0 Å². The summed E-state index contributed by atoms with van der Waals surface area (Å²) in [7, 11) is -7.54. The van der Waals surface area contributed by atoms with Crippen molar-refractivity contribution >= 4 is 31.5 Å². The highest BCUT2D eigenvalue weighted by Gasteiger charge is 2.31. The topological polar surface area (TPSA) is 145 Å². The number of amides is 1. The summed E-state index contributed by atoms with van der Waals surface area (Å²) in [5, 5.41) is 11.7. The van der Waals surface area contributed by atoms with Crippen molar-refractivity contribution in [2.75, 3.05) is 23.4 Å². The quantitative estimate of drug-likeness (QED) is 0.395. The molecule has 1 atom stereocenters. The van der Waals surface area contributed by atoms with Gasteiger partial charge in [-0.3, -0.25) is 9.35 Å². The molecule has 0 saturated carbocycles. The Hall–Kier alpha value is -2.42. The second-order valence-electron chi connectivity index (χ2n) is 6.00. The van der Waals surface area contributed by atoms with Crippen LogP contribution in [-0.2, 0) is 24.7 Å². The van der Waals surface area contributed by atoms with Gasteiger partial charge in [0.25, 0.3) is 16.0 Å². The number of anilines is 1. The van der Waals surface area contributed by atoms with Crippen molar-refractivity contribution in [3.63, 3.8) is 0 Å². The summed E-state index contributed by atoms with van der Waals surface area (Å²) < 4.78 is 54.7. The van der Waals surface area contributed by atoms with E-state index in [2.05, 4.69) is 5.32 Å². The van der Waals surface area contributed by atoms with E-state index in [9.17, 15) is 26.9 Å². The number of sulfone groups is 1. The van der Waals surface area contributed by atoms with Crippen LogP contribution in [0.25, 0.3) is 0 Å². The lowest BCUT2D eigenvalue weighted by molar-refractivity contribution is -0.112. The summed E-state index contributed by atoms with van der Waals surface area (Å²) in [6, 6.07) is 6.41. The number of carbonyl (C=O) groups is 1. The SMILES string of the molecule is CCN(/C=C(/C#N)C(=O)Nc1cccc(S(=O)(=O)O)c1)C1CCS(=O)(=O)C1. The van der Waals surface area contributed by atoms with Gasteiger partial charge in [-0.05, 0) is 31.5 Å². The highest BCUT2D eigenvalue weighted by molar-refractivity contribution is 7.91. The van der Waals surface area contributed by atoms with E-state index < -0.39 is 30.8 Å². The fraction of sp³-hybridized carbons (Fsp3) is 0.375. The third kappa shape index (κ3) is 5.53. The molecule has 1 unspecified atom stereocenters. The maximum Gasteiger partial charge on any atom is 0.294 e. The van der Waals surface area contributed by atoms with Gasteiger partial charge in [-0.25, -0.2) is 8.42 Å². The summed E-state index contributed by atoms with van der Waals surface area (Å²) in [5.41, 5.74) is -0.166. The molecule has 0 spiro atoms. The molecule has 0 radical (unpaired) electrons. The van der Waals surface area contributed by atoms with E-state index >= 15 is 0 Å². The predicted octanol–water partition coefficient (Wildman–Crippen LogP) is 0.788. The van der Waals surface area contributed by atoms with Gasteiger partial charge in [-0.2, -0.15) is 13.7 Å². The highest BCUT2D eigenvalue weighted by Crippen LogP contribution is 2.20. The van der Waals surface area contributed by atoms with Crippen molar-refractivity contribution in [1.82, 2.24) is 4.90 Å². The van der Waals surface area contributed by atoms with Crippen molar-refractivity contribution in [2.24, 2.45) is 0 Å². The molecule has 0 bridgehead atoms. The minimum Gasteiger partial charge on any atom is -0.372 e. The molecular formula is C16H19N3O6S2. The van der Waals surface area contributed by atoms with Crippen LogP contribution in [-0.4, -0.2) is 56.3 Å². The zero-order valence-corrected chi connectivity index (χ0v) is 16.1. The number of hydrogen-bond acceptors (Lipinski definition) is 7. The van der Waals surface area contributed by atoms with E-state index in [1.165, 1.54) is 18.3 Å². The van der Waals surface area contributed by atoms with Gasteiger partial charge in [-0.15, -0.1) is 0 Å². The summed E-state index contributed by atoms with van der Waals surface area (Å²) in [5.74, 6) is -0.739. The van der Waals surface area contributed by atoms with E-state index in [0.29, 0.717) is 13.0 Å². The summed E-state index contributed by atoms with van der Waals surface area (Å²) in [6.07, 6.45) is 1.73. The van der Waals surface area contributed by atoms with E-state index in [1.807, 2.05) is 0 Å². The first kappa shape index (κ1) is 20.9. The van der Waals surface area contributed by atoms with Crippen molar-refractivity contribution in [2.45, 2.75) is 24.3 Å². The first-order valence-electron chi connectivity index (χ1n) is 8.02. The molecule has 146 valence electrons. The van der Waals surface area contributed by atoms with Crippen molar-refractivity contribution < 1.29 is 26.2 Å². The van der Waals surface area contributed by atoms with Crippen LogP contribution in [0.3, 0.4) is 0 Å². The Labute approximate surface area is 158 Å². The smallest absolute Gasteiger partial charge is 0.294 e. The van der Waals surface area contributed by atoms with Crippen LogP contribution in [0.1, 0.15) is 13.3 Å². The third-order valence-corrected chi connectivity index (χ3v) is 6.69. The number of nitrogens with one attached hydrogen (secondary N) is 1. The van der Waals surface area contributed by atoms with Crippen LogP contribution in [0.2, 0.25) is 0 Å². The lowest BCUT2D eigenvalue weighted by atomic mass is 10.2. The average molecular weight is 413 g/mol. The molecule has 1 fully saturated rings. The molecule has 2 N–H and O–H groups in total. The van der Waals surface area contributed by atoms with Crippen LogP contribution in [0.15, 0.2) is 40.9 Å². The lowest BCUT2D eigenvalue weighted by Gasteiger charge is -2.25. The van der Waals surface area contributed by atoms with Gasteiger partial charge in [0.15, 0.2) is 9.84 Å². The number of nitriles is 1. The van der Waals surface area contributed by atoms with Gasteiger partial charge in [0.1, 0.15) is 11.6 Å². The average Bonchev–Trinajstić information content (AvgIpc) is 2.95. The summed E-state index contributed by atoms with van der Waals surface area (Å²) in [4.78, 5) is 13.6. The fourth-order valence-corrected chi connectivity index (χ4v) is 5.00. The summed E-state index contributed by atoms with van der Waals surface area (Å²) in [6.45, 7) is 2.20. The van der Waals surface area contributed by atoms with E-state index in [1.54, 1.807) is 17.9 Å². The Morgan fingerprint density at radius 1 is 1.48 bits per heavy atom. The molecule has 1 heterocycles. The predicted molar refractivity (Wildman–Crippen MR) is 98.0 cm³/mol. The van der Waals surface area contributed by atoms with E-state index in [4.69, 9.17) is 4.55 Å². The molecule has 1 aromatic carbocycles. The monoisotopic (exact) mass is 413 g/mol. The Balaban J connectivity index is 2.20. The van der Waals surface area contributed by atoms with Crippen LogP contribution in [0, 0.1) is 11.3 Å². The molecule has 11 heteroatoms. The summed E-state index contributed by atoms with van der Waals surface area (Å²) >= 11 is 0. The maximum atomic E-state index is 12.3. The standard InChI is InChI=1S/C16H19N3O6S2/c1-2-19(14-6-7-26(21,22)11-14)10-12(9-17)16(20)18-13-4-3-5-15(8-13)27(23,24)25/h3-5,8,10,14H,2,6-7,11H2,1H3,(H,18,20)(H,23,24,25)/b12-10-. The molecule has 1 aliphatic heterocycles. The normalized spacial score (nSPS) is 19.3. The van der Waals surface area contributed by atoms with Crippen molar-refractivity contribution in [1.29, 1.82) is 5.26 Å². The number of nitrogens with zero attached hydrogens (tertiary/aromatic N) is 2. The Kier molecular flexibility index (Phi) is 6.25. The van der Waals surface area contributed by atoms with E-state index in [0.717, 1.165) is 12.1 Å². The maximum absolute atomic E-state index is 12.3. The number of benzene rings is 1. The van der Waals surface area contributed by atoms with Crippen LogP contribution in [0.4, 0.5) is 5.69 Å². The third-order valence-electron chi connectivity index (χ3n) is 4.09. The second kappa shape index (κ2) is 8.08. The molecular weight excluding hydrogens is 394 g/mol. The van der Waals surface area contributed by atoms with Gasteiger partial charge >= 0.3 is 0 Å². The van der Waals surface area contributed by atoms with Gasteiger partial charge in [0.2, 0.25) is 0 Å². The number of rotatable bonds is 6. The fourth-order valence-electron chi connectivity index (χ4n) is 2.73. The Morgan fingerprint density at radius 2 is 2.19 bits per heavy atom. The van der Waals surface area contributed by atoms with Gasteiger partial charge in [0.05, 0.1) is 16.4 Å². The largest absolute Gasteiger partial charge is 0.372 e. The zero-order chi connectivity index (χ0) is 20.2. The Bertz CT molecular complexity index is 1010. The molecule has 2 rings (SSSR count). The van der Waals surface area contributed by atoms with Gasteiger partial charge < -0.3 is 10.2 Å². The number of carbonyl (C=O) groups excluding carboxylic acids is 1. The van der Waals surface area contributed by atoms with E-state index in [-0.39, 0.29) is 28.8 Å². The first-order chi connectivity index (χ1) is 12.6. The minimum absolute atomic E-state index is 0.0337. The molecule has 0 aromatic heterocycles. The second-order valence-corrected chi connectivity index (χ2v) is 9.65. The van der Waals surface area contributed by atoms with Crippen molar-refractivity contribution in [3.05, 3.63) is 36.0 Å². The molecule has 1 saturated heterocycles.